The van der Waals surface area contributed by atoms with Crippen molar-refractivity contribution in [3.63, 3.8) is 0 Å². The number of piperidine rings is 1. The van der Waals surface area contributed by atoms with E-state index in [0.29, 0.717) is 25.6 Å². The van der Waals surface area contributed by atoms with Crippen LogP contribution >= 0.6 is 0 Å². The summed E-state index contributed by atoms with van der Waals surface area (Å²) in [6.07, 6.45) is -1.36. The average molecular weight is 385 g/mol. The Balaban J connectivity index is 1.52. The standard InChI is InChI=1S/C17H22F3N5O2/c1-11(2)13-7-15(26)25(10-21-13)8-12-3-5-24(6-4-12)9-14-22-23-16(27-14)17(18,19)20/h7,10-12H,3-6,8-9H2,1-2H3. The molecule has 1 saturated heterocycles. The third-order valence-electron chi connectivity index (χ3n) is 4.72. The van der Waals surface area contributed by atoms with Crippen LogP contribution in [-0.2, 0) is 19.3 Å². The zero-order chi connectivity index (χ0) is 19.6. The van der Waals surface area contributed by atoms with Crippen LogP contribution in [0.3, 0.4) is 0 Å². The molecule has 0 saturated carbocycles. The fraction of sp³-hybridized carbons (Fsp3) is 0.647. The Morgan fingerprint density at radius 2 is 1.96 bits per heavy atom. The van der Waals surface area contributed by atoms with Crippen LogP contribution in [0.2, 0.25) is 0 Å². The number of nitrogens with zero attached hydrogens (tertiary/aromatic N) is 5. The van der Waals surface area contributed by atoms with E-state index in [0.717, 1.165) is 18.5 Å². The Bertz CT molecular complexity index is 822. The number of aromatic nitrogens is 4. The molecule has 0 bridgehead atoms. The molecule has 0 aromatic carbocycles. The van der Waals surface area contributed by atoms with Crippen molar-refractivity contribution in [2.45, 2.75) is 51.9 Å². The molecule has 0 aliphatic carbocycles. The molecule has 7 nitrogen and oxygen atoms in total. The maximum absolute atomic E-state index is 12.5. The molecule has 1 aliphatic rings. The van der Waals surface area contributed by atoms with Crippen LogP contribution in [0.4, 0.5) is 13.2 Å². The van der Waals surface area contributed by atoms with Gasteiger partial charge in [0, 0.05) is 12.6 Å². The molecular weight excluding hydrogens is 363 g/mol. The first-order chi connectivity index (χ1) is 12.7. The smallest absolute Gasteiger partial charge is 0.416 e. The van der Waals surface area contributed by atoms with E-state index in [1.54, 1.807) is 17.0 Å². The summed E-state index contributed by atoms with van der Waals surface area (Å²) in [5.74, 6) is -0.827. The van der Waals surface area contributed by atoms with E-state index in [1.807, 2.05) is 18.7 Å². The zero-order valence-electron chi connectivity index (χ0n) is 15.2. The van der Waals surface area contributed by atoms with Crippen molar-refractivity contribution >= 4 is 0 Å². The van der Waals surface area contributed by atoms with E-state index in [1.165, 1.54) is 0 Å². The number of hydrogen-bond donors (Lipinski definition) is 0. The lowest BCUT2D eigenvalue weighted by Crippen LogP contribution is -2.36. The highest BCUT2D eigenvalue weighted by Crippen LogP contribution is 2.28. The maximum atomic E-state index is 12.5. The summed E-state index contributed by atoms with van der Waals surface area (Å²) in [4.78, 5) is 18.5. The monoisotopic (exact) mass is 385 g/mol. The first-order valence-corrected chi connectivity index (χ1v) is 8.90. The summed E-state index contributed by atoms with van der Waals surface area (Å²) in [5, 5.41) is 6.50. The summed E-state index contributed by atoms with van der Waals surface area (Å²) in [5.41, 5.74) is 0.727. The number of halogens is 3. The highest BCUT2D eigenvalue weighted by atomic mass is 19.4. The molecule has 2 aromatic heterocycles. The number of likely N-dealkylation sites (tertiary alicyclic amines) is 1. The van der Waals surface area contributed by atoms with Crippen molar-refractivity contribution in [3.05, 3.63) is 40.2 Å². The minimum atomic E-state index is -4.62. The second-order valence-corrected chi connectivity index (χ2v) is 7.18. The van der Waals surface area contributed by atoms with Crippen LogP contribution in [0.5, 0.6) is 0 Å². The highest BCUT2D eigenvalue weighted by Gasteiger charge is 2.38. The molecule has 10 heteroatoms. The van der Waals surface area contributed by atoms with Crippen molar-refractivity contribution in [1.29, 1.82) is 0 Å². The van der Waals surface area contributed by atoms with Crippen LogP contribution in [0, 0.1) is 5.92 Å². The van der Waals surface area contributed by atoms with E-state index in [4.69, 9.17) is 0 Å². The summed E-state index contributed by atoms with van der Waals surface area (Å²) >= 11 is 0. The topological polar surface area (TPSA) is 77.0 Å². The van der Waals surface area contributed by atoms with Gasteiger partial charge in [-0.1, -0.05) is 13.8 Å². The molecule has 2 aromatic rings. The quantitative estimate of drug-likeness (QED) is 0.788. The molecule has 0 N–H and O–H groups in total. The van der Waals surface area contributed by atoms with Crippen LogP contribution in [0.15, 0.2) is 21.6 Å². The van der Waals surface area contributed by atoms with Gasteiger partial charge in [0.25, 0.3) is 5.56 Å². The van der Waals surface area contributed by atoms with Crippen molar-refractivity contribution < 1.29 is 17.6 Å². The third-order valence-corrected chi connectivity index (χ3v) is 4.72. The lowest BCUT2D eigenvalue weighted by Gasteiger charge is -2.31. The Morgan fingerprint density at radius 3 is 2.52 bits per heavy atom. The minimum Gasteiger partial charge on any atom is -0.416 e. The lowest BCUT2D eigenvalue weighted by atomic mass is 9.96. The largest absolute Gasteiger partial charge is 0.470 e. The van der Waals surface area contributed by atoms with Crippen molar-refractivity contribution in [2.75, 3.05) is 13.1 Å². The second-order valence-electron chi connectivity index (χ2n) is 7.18. The molecule has 0 unspecified atom stereocenters. The van der Waals surface area contributed by atoms with E-state index >= 15 is 0 Å². The summed E-state index contributed by atoms with van der Waals surface area (Å²) in [7, 11) is 0. The van der Waals surface area contributed by atoms with Crippen molar-refractivity contribution in [1.82, 2.24) is 24.6 Å². The van der Waals surface area contributed by atoms with Crippen molar-refractivity contribution in [2.24, 2.45) is 5.92 Å². The molecule has 0 spiro atoms. The second kappa shape index (κ2) is 7.79. The summed E-state index contributed by atoms with van der Waals surface area (Å²) in [6, 6.07) is 1.58. The molecule has 3 heterocycles. The van der Waals surface area contributed by atoms with Crippen LogP contribution in [0.1, 0.15) is 50.1 Å². The first kappa shape index (κ1) is 19.5. The van der Waals surface area contributed by atoms with Gasteiger partial charge in [-0.25, -0.2) is 4.98 Å². The fourth-order valence-electron chi connectivity index (χ4n) is 3.12. The molecule has 148 valence electrons. The normalized spacial score (nSPS) is 17.0. The third kappa shape index (κ3) is 4.94. The van der Waals surface area contributed by atoms with E-state index in [9.17, 15) is 18.0 Å². The predicted octanol–water partition coefficient (Wildman–Crippen LogP) is 2.68. The lowest BCUT2D eigenvalue weighted by molar-refractivity contribution is -0.157. The van der Waals surface area contributed by atoms with Crippen LogP contribution in [-0.4, -0.2) is 37.7 Å². The number of hydrogen-bond acceptors (Lipinski definition) is 6. The van der Waals surface area contributed by atoms with Gasteiger partial charge in [-0.2, -0.15) is 13.2 Å². The minimum absolute atomic E-state index is 0.0366. The molecule has 27 heavy (non-hydrogen) atoms. The van der Waals surface area contributed by atoms with Gasteiger partial charge in [0.15, 0.2) is 0 Å². The van der Waals surface area contributed by atoms with Gasteiger partial charge in [0.2, 0.25) is 5.89 Å². The zero-order valence-corrected chi connectivity index (χ0v) is 15.2. The fourth-order valence-corrected chi connectivity index (χ4v) is 3.12. The van der Waals surface area contributed by atoms with E-state index in [2.05, 4.69) is 19.6 Å². The van der Waals surface area contributed by atoms with Gasteiger partial charge in [-0.3, -0.25) is 14.3 Å². The van der Waals surface area contributed by atoms with Gasteiger partial charge in [0.05, 0.1) is 18.6 Å². The van der Waals surface area contributed by atoms with Gasteiger partial charge < -0.3 is 4.42 Å². The molecule has 0 atom stereocenters. The van der Waals surface area contributed by atoms with E-state index < -0.39 is 12.1 Å². The Hall–Kier alpha value is -2.23. The van der Waals surface area contributed by atoms with Gasteiger partial charge in [0.1, 0.15) is 0 Å². The van der Waals surface area contributed by atoms with Crippen molar-refractivity contribution in [3.8, 4) is 0 Å². The van der Waals surface area contributed by atoms with Gasteiger partial charge >= 0.3 is 12.1 Å². The molecule has 3 rings (SSSR count). The Labute approximate surface area is 154 Å². The number of alkyl halides is 3. The first-order valence-electron chi connectivity index (χ1n) is 8.90. The van der Waals surface area contributed by atoms with Crippen LogP contribution < -0.4 is 5.56 Å². The molecule has 1 fully saturated rings. The molecule has 1 aliphatic heterocycles. The molecule has 0 radical (unpaired) electrons. The molecular formula is C17H22F3N5O2. The molecule has 0 amide bonds. The SMILES string of the molecule is CC(C)c1cc(=O)n(CC2CCN(Cc3nnc(C(F)(F)F)o3)CC2)cn1. The van der Waals surface area contributed by atoms with Crippen LogP contribution in [0.25, 0.3) is 0 Å². The highest BCUT2D eigenvalue weighted by molar-refractivity contribution is 5.04. The Kier molecular flexibility index (Phi) is 5.64. The predicted molar refractivity (Wildman–Crippen MR) is 89.9 cm³/mol. The average Bonchev–Trinajstić information content (AvgIpc) is 3.07. The van der Waals surface area contributed by atoms with Gasteiger partial charge in [-0.05, 0) is 37.8 Å². The van der Waals surface area contributed by atoms with E-state index in [-0.39, 0.29) is 23.9 Å². The maximum Gasteiger partial charge on any atom is 0.470 e. The van der Waals surface area contributed by atoms with Gasteiger partial charge in [-0.15, -0.1) is 10.2 Å². The number of rotatable bonds is 5. The summed E-state index contributed by atoms with van der Waals surface area (Å²) in [6.45, 7) is 6.16. The summed E-state index contributed by atoms with van der Waals surface area (Å²) < 4.78 is 43.8. The Morgan fingerprint density at radius 1 is 1.26 bits per heavy atom.